The van der Waals surface area contributed by atoms with Gasteiger partial charge in [0.15, 0.2) is 0 Å². The van der Waals surface area contributed by atoms with E-state index in [0.29, 0.717) is 0 Å². The maximum atomic E-state index is 8.48. The molecule has 0 aliphatic carbocycles. The number of aliphatic imine (C=N–C) groups is 1. The molecule has 1 atom stereocenters. The normalized spacial score (nSPS) is 13.0. The van der Waals surface area contributed by atoms with Gasteiger partial charge in [-0.05, 0) is 20.8 Å². The summed E-state index contributed by atoms with van der Waals surface area (Å²) < 4.78 is 0. The van der Waals surface area contributed by atoms with Gasteiger partial charge < -0.3 is 5.11 Å². The zero-order valence-electron chi connectivity index (χ0n) is 5.68. The quantitative estimate of drug-likeness (QED) is 0.531. The Morgan fingerprint density at radius 3 is 2.25 bits per heavy atom. The van der Waals surface area contributed by atoms with Gasteiger partial charge in [-0.15, -0.1) is 0 Å². The Morgan fingerprint density at radius 2 is 2.12 bits per heavy atom. The Labute approximate surface area is 50.3 Å². The minimum Gasteiger partial charge on any atom is -0.394 e. The second-order valence-corrected chi connectivity index (χ2v) is 2.11. The first-order valence-corrected chi connectivity index (χ1v) is 2.78. The predicted molar refractivity (Wildman–Crippen MR) is 35.3 cm³/mol. The lowest BCUT2D eigenvalue weighted by molar-refractivity contribution is 0.274. The smallest absolute Gasteiger partial charge is 0.0701 e. The number of rotatable bonds is 2. The van der Waals surface area contributed by atoms with E-state index in [-0.39, 0.29) is 12.6 Å². The summed E-state index contributed by atoms with van der Waals surface area (Å²) in [5.74, 6) is 0. The summed E-state index contributed by atoms with van der Waals surface area (Å²) in [6, 6.07) is 0.0694. The standard InChI is InChI=1S/C6H13NO/c1-5(2)7-6(3)4-8/h6,8H,4H2,1-3H3. The van der Waals surface area contributed by atoms with Crippen LogP contribution in [0.2, 0.25) is 0 Å². The minimum absolute atomic E-state index is 0.0694. The van der Waals surface area contributed by atoms with Crippen LogP contribution in [0.4, 0.5) is 0 Å². The molecule has 1 N–H and O–H groups in total. The number of hydrogen-bond acceptors (Lipinski definition) is 2. The third-order valence-corrected chi connectivity index (χ3v) is 0.743. The largest absolute Gasteiger partial charge is 0.394 e. The first kappa shape index (κ1) is 7.63. The molecule has 0 bridgehead atoms. The summed E-state index contributed by atoms with van der Waals surface area (Å²) in [6.07, 6.45) is 0. The SMILES string of the molecule is CC(C)=NC(C)CO. The van der Waals surface area contributed by atoms with E-state index < -0.39 is 0 Å². The van der Waals surface area contributed by atoms with Crippen molar-refractivity contribution in [2.24, 2.45) is 4.99 Å². The van der Waals surface area contributed by atoms with Gasteiger partial charge in [0, 0.05) is 5.71 Å². The van der Waals surface area contributed by atoms with Crippen LogP contribution in [-0.4, -0.2) is 23.5 Å². The Hall–Kier alpha value is -0.370. The van der Waals surface area contributed by atoms with Crippen LogP contribution in [0.5, 0.6) is 0 Å². The van der Waals surface area contributed by atoms with E-state index in [1.165, 1.54) is 0 Å². The fourth-order valence-electron chi connectivity index (χ4n) is 0.482. The highest BCUT2D eigenvalue weighted by Crippen LogP contribution is 1.87. The van der Waals surface area contributed by atoms with E-state index in [1.807, 2.05) is 20.8 Å². The molecule has 8 heavy (non-hydrogen) atoms. The molecule has 0 aromatic heterocycles. The third-order valence-electron chi connectivity index (χ3n) is 0.743. The number of aliphatic hydroxyl groups excluding tert-OH is 1. The van der Waals surface area contributed by atoms with Gasteiger partial charge >= 0.3 is 0 Å². The zero-order chi connectivity index (χ0) is 6.57. The van der Waals surface area contributed by atoms with Crippen molar-refractivity contribution >= 4 is 5.71 Å². The van der Waals surface area contributed by atoms with Crippen molar-refractivity contribution in [2.45, 2.75) is 26.8 Å². The molecular weight excluding hydrogens is 102 g/mol. The highest BCUT2D eigenvalue weighted by molar-refractivity contribution is 5.79. The van der Waals surface area contributed by atoms with E-state index in [2.05, 4.69) is 4.99 Å². The van der Waals surface area contributed by atoms with Crippen LogP contribution < -0.4 is 0 Å². The van der Waals surface area contributed by atoms with E-state index in [4.69, 9.17) is 5.11 Å². The Morgan fingerprint density at radius 1 is 1.62 bits per heavy atom. The molecular formula is C6H13NO. The van der Waals surface area contributed by atoms with Gasteiger partial charge in [-0.25, -0.2) is 0 Å². The molecule has 1 unspecified atom stereocenters. The predicted octanol–water partition coefficient (Wildman–Crippen LogP) is 0.848. The molecule has 0 rings (SSSR count). The molecule has 0 spiro atoms. The Kier molecular flexibility index (Phi) is 3.44. The summed E-state index contributed by atoms with van der Waals surface area (Å²) >= 11 is 0. The van der Waals surface area contributed by atoms with Crippen molar-refractivity contribution < 1.29 is 5.11 Å². The van der Waals surface area contributed by atoms with Gasteiger partial charge in [-0.3, -0.25) is 4.99 Å². The highest BCUT2D eigenvalue weighted by atomic mass is 16.3. The Bertz CT molecular complexity index is 84.5. The van der Waals surface area contributed by atoms with Crippen LogP contribution in [0.15, 0.2) is 4.99 Å². The molecule has 48 valence electrons. The first-order chi connectivity index (χ1) is 3.66. The van der Waals surface area contributed by atoms with Crippen LogP contribution >= 0.6 is 0 Å². The lowest BCUT2D eigenvalue weighted by Crippen LogP contribution is -2.05. The molecule has 0 saturated heterocycles. The maximum Gasteiger partial charge on any atom is 0.0701 e. The number of hydrogen-bond donors (Lipinski definition) is 1. The third kappa shape index (κ3) is 3.81. The van der Waals surface area contributed by atoms with Gasteiger partial charge in [0.25, 0.3) is 0 Å². The van der Waals surface area contributed by atoms with Crippen LogP contribution in [0, 0.1) is 0 Å². The molecule has 0 aliphatic rings. The fraction of sp³-hybridized carbons (Fsp3) is 0.833. The minimum atomic E-state index is 0.0694. The molecule has 0 aromatic carbocycles. The first-order valence-electron chi connectivity index (χ1n) is 2.78. The molecule has 2 nitrogen and oxygen atoms in total. The lowest BCUT2D eigenvalue weighted by Gasteiger charge is -1.99. The fourth-order valence-corrected chi connectivity index (χ4v) is 0.482. The van der Waals surface area contributed by atoms with Gasteiger partial charge in [0.05, 0.1) is 12.6 Å². The summed E-state index contributed by atoms with van der Waals surface area (Å²) in [4.78, 5) is 4.06. The van der Waals surface area contributed by atoms with E-state index in [9.17, 15) is 0 Å². The van der Waals surface area contributed by atoms with E-state index in [0.717, 1.165) is 5.71 Å². The molecule has 0 aliphatic heterocycles. The van der Waals surface area contributed by atoms with Gasteiger partial charge in [0.2, 0.25) is 0 Å². The molecule has 0 fully saturated rings. The zero-order valence-corrected chi connectivity index (χ0v) is 5.68. The van der Waals surface area contributed by atoms with Crippen molar-refractivity contribution in [1.82, 2.24) is 0 Å². The van der Waals surface area contributed by atoms with Crippen molar-refractivity contribution in [3.8, 4) is 0 Å². The monoisotopic (exact) mass is 115 g/mol. The van der Waals surface area contributed by atoms with Crippen LogP contribution in [0.25, 0.3) is 0 Å². The topological polar surface area (TPSA) is 32.6 Å². The van der Waals surface area contributed by atoms with Crippen molar-refractivity contribution in [2.75, 3.05) is 6.61 Å². The molecule has 0 heterocycles. The van der Waals surface area contributed by atoms with Gasteiger partial charge in [0.1, 0.15) is 0 Å². The van der Waals surface area contributed by atoms with E-state index in [1.54, 1.807) is 0 Å². The average Bonchev–Trinajstić information content (AvgIpc) is 1.65. The number of nitrogens with zero attached hydrogens (tertiary/aromatic N) is 1. The summed E-state index contributed by atoms with van der Waals surface area (Å²) in [6.45, 7) is 5.87. The number of aliphatic hydroxyl groups is 1. The summed E-state index contributed by atoms with van der Waals surface area (Å²) in [5, 5.41) is 8.48. The summed E-state index contributed by atoms with van der Waals surface area (Å²) in [7, 11) is 0. The Balaban J connectivity index is 3.51. The molecule has 0 amide bonds. The van der Waals surface area contributed by atoms with Crippen LogP contribution in [-0.2, 0) is 0 Å². The van der Waals surface area contributed by atoms with Crippen molar-refractivity contribution in [3.63, 3.8) is 0 Å². The molecule has 0 radical (unpaired) electrons. The van der Waals surface area contributed by atoms with Gasteiger partial charge in [-0.2, -0.15) is 0 Å². The van der Waals surface area contributed by atoms with Crippen molar-refractivity contribution in [3.05, 3.63) is 0 Å². The lowest BCUT2D eigenvalue weighted by atomic mass is 10.3. The van der Waals surface area contributed by atoms with Crippen LogP contribution in [0.3, 0.4) is 0 Å². The molecule has 0 saturated carbocycles. The van der Waals surface area contributed by atoms with Crippen LogP contribution in [0.1, 0.15) is 20.8 Å². The second-order valence-electron chi connectivity index (χ2n) is 2.11. The second kappa shape index (κ2) is 3.61. The van der Waals surface area contributed by atoms with Crippen molar-refractivity contribution in [1.29, 1.82) is 0 Å². The van der Waals surface area contributed by atoms with Gasteiger partial charge in [-0.1, -0.05) is 0 Å². The summed E-state index contributed by atoms with van der Waals surface area (Å²) in [5.41, 5.74) is 1.02. The average molecular weight is 115 g/mol. The van der Waals surface area contributed by atoms with E-state index >= 15 is 0 Å². The molecule has 0 aromatic rings. The highest BCUT2D eigenvalue weighted by Gasteiger charge is 1.91. The molecule has 2 heteroatoms. The maximum absolute atomic E-state index is 8.48.